The van der Waals surface area contributed by atoms with E-state index in [-0.39, 0.29) is 12.1 Å². The van der Waals surface area contributed by atoms with Gasteiger partial charge in [0.1, 0.15) is 11.0 Å². The number of fused-ring (bicyclic) bond motifs is 1. The maximum atomic E-state index is 13.3. The van der Waals surface area contributed by atoms with Crippen molar-refractivity contribution in [1.29, 1.82) is 0 Å². The van der Waals surface area contributed by atoms with Crippen LogP contribution < -0.4 is 15.8 Å². The SMILES string of the molecule is [CH2]CCCCCN1CCN(c2ccc(Nc3ncc4c(=O)n(CC=C)n(-c5cccc(C(C)(C)O)n5)c4n3)cc2)CC1. The number of hydrogen-bond donors (Lipinski definition) is 2. The molecule has 0 unspecified atom stereocenters. The number of aromatic nitrogens is 5. The van der Waals surface area contributed by atoms with Gasteiger partial charge in [-0.15, -0.1) is 6.58 Å². The molecule has 1 saturated heterocycles. The summed E-state index contributed by atoms with van der Waals surface area (Å²) in [5.74, 6) is 0.835. The van der Waals surface area contributed by atoms with Crippen molar-refractivity contribution in [3.8, 4) is 5.82 Å². The molecule has 1 radical (unpaired) electrons. The molecule has 221 valence electrons. The second kappa shape index (κ2) is 12.9. The normalized spacial score (nSPS) is 14.4. The van der Waals surface area contributed by atoms with Gasteiger partial charge in [-0.2, -0.15) is 4.98 Å². The van der Waals surface area contributed by atoms with Crippen LogP contribution in [-0.4, -0.2) is 67.0 Å². The molecule has 10 heteroatoms. The lowest BCUT2D eigenvalue weighted by atomic mass is 10.1. The average Bonchev–Trinajstić information content (AvgIpc) is 3.26. The molecule has 1 aromatic carbocycles. The summed E-state index contributed by atoms with van der Waals surface area (Å²) in [5.41, 5.74) is 1.56. The zero-order chi connectivity index (χ0) is 29.7. The van der Waals surface area contributed by atoms with Gasteiger partial charge in [0, 0.05) is 43.8 Å². The minimum absolute atomic E-state index is 0.241. The molecule has 0 aliphatic carbocycles. The van der Waals surface area contributed by atoms with Crippen molar-refractivity contribution in [3.05, 3.63) is 84.3 Å². The Balaban J connectivity index is 1.34. The van der Waals surface area contributed by atoms with E-state index < -0.39 is 5.60 Å². The number of nitrogens with zero attached hydrogens (tertiary/aromatic N) is 7. The number of anilines is 3. The number of aliphatic hydroxyl groups is 1. The first-order chi connectivity index (χ1) is 20.3. The monoisotopic (exact) mass is 569 g/mol. The van der Waals surface area contributed by atoms with E-state index in [0.29, 0.717) is 28.5 Å². The van der Waals surface area contributed by atoms with E-state index in [9.17, 15) is 9.90 Å². The third-order valence-corrected chi connectivity index (χ3v) is 7.64. The van der Waals surface area contributed by atoms with Crippen LogP contribution in [0.5, 0.6) is 0 Å². The molecule has 0 spiro atoms. The number of rotatable bonds is 12. The zero-order valence-electron chi connectivity index (χ0n) is 24.7. The van der Waals surface area contributed by atoms with Gasteiger partial charge in [-0.1, -0.05) is 38.3 Å². The predicted molar refractivity (Wildman–Crippen MR) is 169 cm³/mol. The van der Waals surface area contributed by atoms with E-state index in [1.165, 1.54) is 42.4 Å². The van der Waals surface area contributed by atoms with Crippen molar-refractivity contribution in [3.63, 3.8) is 0 Å². The van der Waals surface area contributed by atoms with Gasteiger partial charge in [0.05, 0.1) is 12.2 Å². The van der Waals surface area contributed by atoms with Gasteiger partial charge in [0.2, 0.25) is 5.95 Å². The third-order valence-electron chi connectivity index (χ3n) is 7.64. The van der Waals surface area contributed by atoms with Gasteiger partial charge in [-0.05, 0) is 63.2 Å². The molecule has 4 heterocycles. The van der Waals surface area contributed by atoms with Crippen LogP contribution in [0.15, 0.2) is 66.1 Å². The highest BCUT2D eigenvalue weighted by Crippen LogP contribution is 2.24. The lowest BCUT2D eigenvalue weighted by Crippen LogP contribution is -2.46. The largest absolute Gasteiger partial charge is 0.384 e. The molecule has 5 rings (SSSR count). The molecule has 1 aliphatic heterocycles. The van der Waals surface area contributed by atoms with Crippen LogP contribution in [0.25, 0.3) is 16.9 Å². The number of benzene rings is 1. The van der Waals surface area contributed by atoms with Crippen molar-refractivity contribution in [2.24, 2.45) is 0 Å². The molecule has 0 atom stereocenters. The molecular weight excluding hydrogens is 528 g/mol. The Morgan fingerprint density at radius 1 is 1.02 bits per heavy atom. The molecule has 0 amide bonds. The van der Waals surface area contributed by atoms with Crippen molar-refractivity contribution >= 4 is 28.4 Å². The van der Waals surface area contributed by atoms with Gasteiger partial charge < -0.3 is 15.3 Å². The minimum atomic E-state index is -1.14. The first-order valence-corrected chi connectivity index (χ1v) is 14.7. The number of unbranched alkanes of at least 4 members (excludes halogenated alkanes) is 3. The van der Waals surface area contributed by atoms with Crippen LogP contribution in [0, 0.1) is 6.92 Å². The standard InChI is InChI=1S/C32H41N8O2/c1-5-7-8-9-18-37-19-21-38(22-20-37)25-15-13-24(14-16-25)34-31-33-23-26-29(36-31)40(39(17-6-2)30(26)41)28-12-10-11-27(35-28)32(3,4)42/h6,10-16,23,42H,1-2,5,7-9,17-22H2,3-4H3,(H,33,34,36). The molecular formula is C32H41N8O2. The summed E-state index contributed by atoms with van der Waals surface area (Å²) in [5, 5.41) is 14.2. The van der Waals surface area contributed by atoms with Gasteiger partial charge in [-0.25, -0.2) is 19.3 Å². The maximum absolute atomic E-state index is 13.3. The second-order valence-electron chi connectivity index (χ2n) is 11.3. The van der Waals surface area contributed by atoms with Crippen molar-refractivity contribution in [2.75, 3.05) is 42.9 Å². The van der Waals surface area contributed by atoms with E-state index in [4.69, 9.17) is 4.98 Å². The fourth-order valence-corrected chi connectivity index (χ4v) is 5.29. The lowest BCUT2D eigenvalue weighted by molar-refractivity contribution is 0.0738. The third kappa shape index (κ3) is 6.55. The highest BCUT2D eigenvalue weighted by Gasteiger charge is 2.22. The Labute approximate surface area is 247 Å². The average molecular weight is 570 g/mol. The fourth-order valence-electron chi connectivity index (χ4n) is 5.29. The second-order valence-corrected chi connectivity index (χ2v) is 11.3. The summed E-state index contributed by atoms with van der Waals surface area (Å²) in [6.07, 6.45) is 7.95. The lowest BCUT2D eigenvalue weighted by Gasteiger charge is -2.36. The summed E-state index contributed by atoms with van der Waals surface area (Å²) < 4.78 is 3.18. The van der Waals surface area contributed by atoms with Gasteiger partial charge >= 0.3 is 0 Å². The molecule has 4 aromatic rings. The van der Waals surface area contributed by atoms with Gasteiger partial charge in [-0.3, -0.25) is 9.69 Å². The van der Waals surface area contributed by atoms with Gasteiger partial charge in [0.25, 0.3) is 5.56 Å². The van der Waals surface area contributed by atoms with Crippen molar-refractivity contribution < 1.29 is 5.11 Å². The van der Waals surface area contributed by atoms with E-state index in [1.54, 1.807) is 42.8 Å². The Morgan fingerprint density at radius 2 is 1.79 bits per heavy atom. The van der Waals surface area contributed by atoms with Crippen molar-refractivity contribution in [2.45, 2.75) is 51.7 Å². The van der Waals surface area contributed by atoms with Crippen LogP contribution in [-0.2, 0) is 12.1 Å². The summed E-state index contributed by atoms with van der Waals surface area (Å²) in [6, 6.07) is 13.6. The molecule has 1 aliphatic rings. The summed E-state index contributed by atoms with van der Waals surface area (Å²) in [4.78, 5) is 32.0. The van der Waals surface area contributed by atoms with Crippen LogP contribution in [0.2, 0.25) is 0 Å². The predicted octanol–water partition coefficient (Wildman–Crippen LogP) is 4.65. The molecule has 1 fully saturated rings. The molecule has 0 bridgehead atoms. The number of hydrogen-bond acceptors (Lipinski definition) is 8. The Hall–Kier alpha value is -4.02. The summed E-state index contributed by atoms with van der Waals surface area (Å²) >= 11 is 0. The Kier molecular flexibility index (Phi) is 9.03. The molecule has 3 aromatic heterocycles. The first-order valence-electron chi connectivity index (χ1n) is 14.7. The molecule has 10 nitrogen and oxygen atoms in total. The highest BCUT2D eigenvalue weighted by molar-refractivity contribution is 5.77. The van der Waals surface area contributed by atoms with E-state index in [1.807, 2.05) is 12.1 Å². The van der Waals surface area contributed by atoms with E-state index >= 15 is 0 Å². The van der Waals surface area contributed by atoms with Crippen LogP contribution in [0.1, 0.15) is 45.2 Å². The van der Waals surface area contributed by atoms with Crippen molar-refractivity contribution in [1.82, 2.24) is 29.2 Å². The summed E-state index contributed by atoms with van der Waals surface area (Å²) in [6.45, 7) is 16.7. The minimum Gasteiger partial charge on any atom is -0.384 e. The Bertz CT molecular complexity index is 1560. The topological polar surface area (TPSA) is 104 Å². The summed E-state index contributed by atoms with van der Waals surface area (Å²) in [7, 11) is 0. The maximum Gasteiger partial charge on any atom is 0.278 e. The number of nitrogens with one attached hydrogen (secondary N) is 1. The molecule has 2 N–H and O–H groups in total. The van der Waals surface area contributed by atoms with Gasteiger partial charge in [0.15, 0.2) is 11.5 Å². The quantitative estimate of drug-likeness (QED) is 0.188. The molecule has 42 heavy (non-hydrogen) atoms. The first kappa shape index (κ1) is 29.5. The van der Waals surface area contributed by atoms with Crippen LogP contribution >= 0.6 is 0 Å². The fraction of sp³-hybridized carbons (Fsp3) is 0.406. The number of pyridine rings is 1. The smallest absolute Gasteiger partial charge is 0.278 e. The highest BCUT2D eigenvalue weighted by atomic mass is 16.3. The van der Waals surface area contributed by atoms with Crippen LogP contribution in [0.4, 0.5) is 17.3 Å². The molecule has 0 saturated carbocycles. The number of allylic oxidation sites excluding steroid dienone is 1. The zero-order valence-corrected chi connectivity index (χ0v) is 24.7. The van der Waals surface area contributed by atoms with E-state index in [2.05, 4.69) is 50.7 Å². The number of piperazine rings is 1. The van der Waals surface area contributed by atoms with Crippen LogP contribution in [0.3, 0.4) is 0 Å². The Morgan fingerprint density at radius 3 is 2.48 bits per heavy atom. The van der Waals surface area contributed by atoms with E-state index in [0.717, 1.165) is 38.3 Å².